The number of anilines is 2. The highest BCUT2D eigenvalue weighted by molar-refractivity contribution is 6.31. The van der Waals surface area contributed by atoms with Crippen molar-refractivity contribution in [3.05, 3.63) is 70.0 Å². The molecule has 25 heavy (non-hydrogen) atoms. The first kappa shape index (κ1) is 15.9. The Hall–Kier alpha value is -2.60. The molecule has 0 amide bonds. The topological polar surface area (TPSA) is 68.8 Å². The van der Waals surface area contributed by atoms with Crippen molar-refractivity contribution < 1.29 is 4.39 Å². The maximum Gasteiger partial charge on any atom is 0.241 e. The van der Waals surface area contributed by atoms with Crippen LogP contribution in [0.15, 0.2) is 42.5 Å². The first-order valence-corrected chi connectivity index (χ1v) is 8.40. The van der Waals surface area contributed by atoms with E-state index < -0.39 is 0 Å². The van der Waals surface area contributed by atoms with E-state index in [4.69, 9.17) is 17.3 Å². The normalized spacial score (nSPS) is 19.3. The summed E-state index contributed by atoms with van der Waals surface area (Å²) in [6.07, 6.45) is 0.583. The highest BCUT2D eigenvalue weighted by Gasteiger charge is 2.33. The van der Waals surface area contributed by atoms with Gasteiger partial charge in [-0.05, 0) is 31.0 Å². The van der Waals surface area contributed by atoms with Crippen LogP contribution >= 0.6 is 11.6 Å². The van der Waals surface area contributed by atoms with Gasteiger partial charge in [0, 0.05) is 10.6 Å². The lowest BCUT2D eigenvalue weighted by Crippen LogP contribution is -2.28. The molecule has 0 spiro atoms. The average molecular weight is 358 g/mol. The number of benzene rings is 2. The van der Waals surface area contributed by atoms with Crippen molar-refractivity contribution in [2.75, 3.05) is 11.1 Å². The fourth-order valence-corrected chi connectivity index (χ4v) is 3.57. The molecule has 0 saturated heterocycles. The molecule has 3 aromatic rings. The molecule has 2 atom stereocenters. The summed E-state index contributed by atoms with van der Waals surface area (Å²) in [5.74, 6) is 0.297. The Kier molecular flexibility index (Phi) is 3.84. The van der Waals surface area contributed by atoms with Crippen LogP contribution in [0.5, 0.6) is 0 Å². The maximum atomic E-state index is 14.5. The van der Waals surface area contributed by atoms with Crippen LogP contribution in [0.25, 0.3) is 0 Å². The second-order valence-electron chi connectivity index (χ2n) is 6.23. The van der Waals surface area contributed by atoms with E-state index >= 15 is 0 Å². The molecule has 7 heteroatoms. The van der Waals surface area contributed by atoms with Gasteiger partial charge >= 0.3 is 0 Å². The predicted octanol–water partition coefficient (Wildman–Crippen LogP) is 4.11. The molecule has 2 heterocycles. The maximum absolute atomic E-state index is 14.5. The minimum absolute atomic E-state index is 0.0441. The van der Waals surface area contributed by atoms with Crippen LogP contribution in [0.1, 0.15) is 35.2 Å². The second kappa shape index (κ2) is 6.04. The highest BCUT2D eigenvalue weighted by Crippen LogP contribution is 2.41. The van der Waals surface area contributed by atoms with Gasteiger partial charge in [0.05, 0.1) is 12.1 Å². The second-order valence-corrected chi connectivity index (χ2v) is 6.64. The number of hydrogen-bond acceptors (Lipinski definition) is 4. The Morgan fingerprint density at radius 2 is 2.00 bits per heavy atom. The molecule has 0 unspecified atom stereocenters. The Bertz CT molecular complexity index is 901. The molecule has 1 aliphatic rings. The molecule has 0 aliphatic carbocycles. The van der Waals surface area contributed by atoms with Gasteiger partial charge in [0.25, 0.3) is 0 Å². The van der Waals surface area contributed by atoms with Crippen molar-refractivity contribution in [2.24, 2.45) is 0 Å². The van der Waals surface area contributed by atoms with Crippen molar-refractivity contribution in [3.63, 3.8) is 0 Å². The van der Waals surface area contributed by atoms with Gasteiger partial charge in [0.2, 0.25) is 11.9 Å². The van der Waals surface area contributed by atoms with E-state index in [2.05, 4.69) is 39.7 Å². The van der Waals surface area contributed by atoms with Crippen LogP contribution in [0.4, 0.5) is 16.3 Å². The van der Waals surface area contributed by atoms with Crippen LogP contribution in [-0.2, 0) is 0 Å². The summed E-state index contributed by atoms with van der Waals surface area (Å²) in [5.41, 5.74) is 8.45. The zero-order valence-corrected chi connectivity index (χ0v) is 14.3. The third-order valence-corrected chi connectivity index (χ3v) is 4.85. The summed E-state index contributed by atoms with van der Waals surface area (Å²) in [4.78, 5) is 4.23. The van der Waals surface area contributed by atoms with Gasteiger partial charge in [-0.3, -0.25) is 0 Å². The first-order chi connectivity index (χ1) is 12.0. The molecule has 1 aromatic heterocycles. The molecule has 5 nitrogen and oxygen atoms in total. The summed E-state index contributed by atoms with van der Waals surface area (Å²) in [6, 6.07) is 12.5. The van der Waals surface area contributed by atoms with E-state index in [-0.39, 0.29) is 23.8 Å². The molecule has 1 aliphatic heterocycles. The summed E-state index contributed by atoms with van der Waals surface area (Å²) in [6.45, 7) is 2.04. The molecule has 0 fully saturated rings. The number of halogens is 2. The molecular formula is C18H17ClFN5. The smallest absolute Gasteiger partial charge is 0.241 e. The van der Waals surface area contributed by atoms with Crippen LogP contribution in [0, 0.1) is 12.7 Å². The third kappa shape index (κ3) is 2.82. The van der Waals surface area contributed by atoms with E-state index in [1.54, 1.807) is 16.8 Å². The van der Waals surface area contributed by atoms with E-state index in [0.717, 1.165) is 5.56 Å². The number of aryl methyl sites for hydroxylation is 1. The van der Waals surface area contributed by atoms with Crippen molar-refractivity contribution in [3.8, 4) is 0 Å². The molecule has 0 saturated carbocycles. The number of fused-ring (bicyclic) bond motifs is 1. The summed E-state index contributed by atoms with van der Waals surface area (Å²) < 4.78 is 16.1. The minimum Gasteiger partial charge on any atom is -0.366 e. The van der Waals surface area contributed by atoms with E-state index in [0.29, 0.717) is 23.0 Å². The van der Waals surface area contributed by atoms with Gasteiger partial charge in [0.15, 0.2) is 0 Å². The molecular weight excluding hydrogens is 341 g/mol. The van der Waals surface area contributed by atoms with Gasteiger partial charge in [-0.1, -0.05) is 47.5 Å². The number of nitrogen functional groups attached to an aromatic ring is 1. The monoisotopic (exact) mass is 357 g/mol. The third-order valence-electron chi connectivity index (χ3n) is 4.52. The van der Waals surface area contributed by atoms with Crippen molar-refractivity contribution in [1.29, 1.82) is 0 Å². The zero-order chi connectivity index (χ0) is 17.6. The van der Waals surface area contributed by atoms with Crippen LogP contribution in [0.2, 0.25) is 5.02 Å². The SMILES string of the molecule is Cc1ccc([C@@H]2C[C@H](c3c(F)cccc3Cl)n3nc(N)nc3N2)cc1. The van der Waals surface area contributed by atoms with Gasteiger partial charge in [-0.15, -0.1) is 5.10 Å². The van der Waals surface area contributed by atoms with E-state index in [9.17, 15) is 4.39 Å². The first-order valence-electron chi connectivity index (χ1n) is 8.02. The van der Waals surface area contributed by atoms with Gasteiger partial charge in [-0.25, -0.2) is 9.07 Å². The Labute approximate surface area is 149 Å². The summed E-state index contributed by atoms with van der Waals surface area (Å²) >= 11 is 6.30. The van der Waals surface area contributed by atoms with Gasteiger partial charge in [0.1, 0.15) is 5.82 Å². The number of aromatic nitrogens is 3. The quantitative estimate of drug-likeness (QED) is 0.724. The Morgan fingerprint density at radius 1 is 1.24 bits per heavy atom. The summed E-state index contributed by atoms with van der Waals surface area (Å²) in [7, 11) is 0. The largest absolute Gasteiger partial charge is 0.366 e. The number of nitrogens with zero attached hydrogens (tertiary/aromatic N) is 3. The lowest BCUT2D eigenvalue weighted by atomic mass is 9.92. The molecule has 128 valence electrons. The number of rotatable bonds is 2. The van der Waals surface area contributed by atoms with Crippen molar-refractivity contribution in [1.82, 2.24) is 14.8 Å². The summed E-state index contributed by atoms with van der Waals surface area (Å²) in [5, 5.41) is 7.94. The minimum atomic E-state index is -0.388. The Balaban J connectivity index is 1.81. The number of hydrogen-bond donors (Lipinski definition) is 2. The van der Waals surface area contributed by atoms with Crippen molar-refractivity contribution in [2.45, 2.75) is 25.4 Å². The fourth-order valence-electron chi connectivity index (χ4n) is 3.28. The van der Waals surface area contributed by atoms with Crippen molar-refractivity contribution >= 4 is 23.5 Å². The zero-order valence-electron chi connectivity index (χ0n) is 13.6. The average Bonchev–Trinajstić information content (AvgIpc) is 2.95. The van der Waals surface area contributed by atoms with Crippen LogP contribution < -0.4 is 11.1 Å². The molecule has 2 aromatic carbocycles. The van der Waals surface area contributed by atoms with Crippen LogP contribution in [-0.4, -0.2) is 14.8 Å². The standard InChI is InChI=1S/C18H17ClFN5/c1-10-5-7-11(8-6-10)14-9-15(16-12(19)3-2-4-13(16)20)25-18(22-14)23-17(21)24-25/h2-8,14-15H,9H2,1H3,(H3,21,22,23,24)/t14-,15+/m0/s1. The van der Waals surface area contributed by atoms with Gasteiger partial charge < -0.3 is 11.1 Å². The van der Waals surface area contributed by atoms with E-state index in [1.165, 1.54) is 11.6 Å². The van der Waals surface area contributed by atoms with E-state index in [1.807, 2.05) is 6.92 Å². The molecule has 0 radical (unpaired) electrons. The van der Waals surface area contributed by atoms with Crippen LogP contribution in [0.3, 0.4) is 0 Å². The number of nitrogens with one attached hydrogen (secondary N) is 1. The highest BCUT2D eigenvalue weighted by atomic mass is 35.5. The Morgan fingerprint density at radius 3 is 2.72 bits per heavy atom. The molecule has 4 rings (SSSR count). The number of nitrogens with two attached hydrogens (primary N) is 1. The van der Waals surface area contributed by atoms with Gasteiger partial charge in [-0.2, -0.15) is 4.98 Å². The fraction of sp³-hybridized carbons (Fsp3) is 0.222. The molecule has 3 N–H and O–H groups in total. The lowest BCUT2D eigenvalue weighted by Gasteiger charge is -2.32. The lowest BCUT2D eigenvalue weighted by molar-refractivity contribution is 0.416. The predicted molar refractivity (Wildman–Crippen MR) is 96.1 cm³/mol. The molecule has 0 bridgehead atoms.